The molecule has 20 heavy (non-hydrogen) atoms. The van der Waals surface area contributed by atoms with Gasteiger partial charge in [-0.1, -0.05) is 60.7 Å². The van der Waals surface area contributed by atoms with E-state index in [1.54, 1.807) is 12.1 Å². The van der Waals surface area contributed by atoms with Gasteiger partial charge in [-0.3, -0.25) is 0 Å². The molecule has 0 amide bonds. The zero-order valence-corrected chi connectivity index (χ0v) is 10.7. The summed E-state index contributed by atoms with van der Waals surface area (Å²) in [6.45, 7) is 0. The number of fused-ring (bicyclic) bond motifs is 1. The van der Waals surface area contributed by atoms with Crippen LogP contribution >= 0.6 is 0 Å². The van der Waals surface area contributed by atoms with Crippen LogP contribution in [0.2, 0.25) is 0 Å². The average Bonchev–Trinajstić information content (AvgIpc) is 2.47. The van der Waals surface area contributed by atoms with Crippen LogP contribution in [0.5, 0.6) is 0 Å². The quantitative estimate of drug-likeness (QED) is 0.554. The van der Waals surface area contributed by atoms with E-state index in [1.807, 2.05) is 54.6 Å². The minimum absolute atomic E-state index is 0.530. The lowest BCUT2D eigenvalue weighted by molar-refractivity contribution is 0.429. The average molecular weight is 266 g/mol. The predicted molar refractivity (Wildman–Crippen MR) is 79.6 cm³/mol. The Morgan fingerprint density at radius 1 is 0.750 bits per heavy atom. The minimum Gasteiger partial charge on any atom is -0.173 e. The van der Waals surface area contributed by atoms with Gasteiger partial charge in [0.1, 0.15) is 0 Å². The largest absolute Gasteiger partial charge is 0.270 e. The van der Waals surface area contributed by atoms with Crippen molar-refractivity contribution >= 4 is 16.8 Å². The predicted octanol–water partition coefficient (Wildman–Crippen LogP) is 5.74. The van der Waals surface area contributed by atoms with Gasteiger partial charge in [-0.2, -0.15) is 8.78 Å². The molecule has 0 heterocycles. The number of halogens is 2. The molecular weight excluding hydrogens is 254 g/mol. The van der Waals surface area contributed by atoms with E-state index in [-0.39, 0.29) is 0 Å². The summed E-state index contributed by atoms with van der Waals surface area (Å²) in [5.74, 6) is 0. The highest BCUT2D eigenvalue weighted by Gasteiger charge is 2.05. The van der Waals surface area contributed by atoms with Crippen LogP contribution in [0.25, 0.3) is 28.0 Å². The van der Waals surface area contributed by atoms with Crippen LogP contribution in [0.15, 0.2) is 72.8 Å². The maximum absolute atomic E-state index is 12.5. The van der Waals surface area contributed by atoms with Crippen molar-refractivity contribution in [3.63, 3.8) is 0 Å². The zero-order chi connectivity index (χ0) is 13.9. The van der Waals surface area contributed by atoms with E-state index >= 15 is 0 Å². The highest BCUT2D eigenvalue weighted by Crippen LogP contribution is 2.28. The minimum atomic E-state index is -1.68. The molecule has 0 N–H and O–H groups in total. The highest BCUT2D eigenvalue weighted by atomic mass is 19.3. The molecule has 0 unspecified atom stereocenters. The Labute approximate surface area is 116 Å². The van der Waals surface area contributed by atoms with E-state index in [0.29, 0.717) is 5.56 Å². The third kappa shape index (κ3) is 2.45. The molecule has 0 bridgehead atoms. The number of rotatable bonds is 2. The Balaban J connectivity index is 2.18. The van der Waals surface area contributed by atoms with Gasteiger partial charge in [0.25, 0.3) is 6.08 Å². The molecule has 0 aliphatic heterocycles. The molecule has 3 aromatic rings. The molecule has 0 radical (unpaired) electrons. The summed E-state index contributed by atoms with van der Waals surface area (Å²) in [6.07, 6.45) is -0.775. The maximum atomic E-state index is 12.5. The van der Waals surface area contributed by atoms with Gasteiger partial charge in [-0.25, -0.2) is 0 Å². The van der Waals surface area contributed by atoms with E-state index in [9.17, 15) is 8.78 Å². The second-order valence-corrected chi connectivity index (χ2v) is 4.58. The first-order valence-corrected chi connectivity index (χ1v) is 6.35. The molecule has 0 nitrogen and oxygen atoms in total. The molecule has 0 spiro atoms. The molecule has 0 aliphatic carbocycles. The molecule has 3 aromatic carbocycles. The van der Waals surface area contributed by atoms with Crippen LogP contribution in [0.3, 0.4) is 0 Å². The van der Waals surface area contributed by atoms with Crippen LogP contribution < -0.4 is 0 Å². The van der Waals surface area contributed by atoms with Gasteiger partial charge >= 0.3 is 0 Å². The molecule has 3 rings (SSSR count). The third-order valence-corrected chi connectivity index (χ3v) is 3.29. The number of hydrogen-bond donors (Lipinski definition) is 0. The summed E-state index contributed by atoms with van der Waals surface area (Å²) in [6, 6.07) is 21.2. The van der Waals surface area contributed by atoms with E-state index in [4.69, 9.17) is 0 Å². The van der Waals surface area contributed by atoms with Crippen molar-refractivity contribution in [1.82, 2.24) is 0 Å². The summed E-state index contributed by atoms with van der Waals surface area (Å²) in [4.78, 5) is 0. The lowest BCUT2D eigenvalue weighted by Gasteiger charge is -2.07. The summed E-state index contributed by atoms with van der Waals surface area (Å²) in [5, 5.41) is 2.24. The Hall–Kier alpha value is -2.48. The molecule has 0 atom stereocenters. The lowest BCUT2D eigenvalue weighted by Crippen LogP contribution is -1.84. The SMILES string of the molecule is FC(F)=Cc1ccccc1-c1ccc2ccccc2c1. The molecule has 0 saturated carbocycles. The first kappa shape index (κ1) is 12.5. The fourth-order valence-corrected chi connectivity index (χ4v) is 2.36. The van der Waals surface area contributed by atoms with Gasteiger partial charge in [0.15, 0.2) is 0 Å². The highest BCUT2D eigenvalue weighted by molar-refractivity contribution is 5.88. The summed E-state index contributed by atoms with van der Waals surface area (Å²) in [5.41, 5.74) is 2.28. The Kier molecular flexibility index (Phi) is 3.30. The molecule has 0 fully saturated rings. The van der Waals surface area contributed by atoms with E-state index in [2.05, 4.69) is 0 Å². The van der Waals surface area contributed by atoms with Crippen molar-refractivity contribution < 1.29 is 8.78 Å². The van der Waals surface area contributed by atoms with Gasteiger partial charge in [0, 0.05) is 6.08 Å². The zero-order valence-electron chi connectivity index (χ0n) is 10.7. The van der Waals surface area contributed by atoms with Crippen molar-refractivity contribution in [2.75, 3.05) is 0 Å². The van der Waals surface area contributed by atoms with Gasteiger partial charge < -0.3 is 0 Å². The van der Waals surface area contributed by atoms with Crippen LogP contribution in [0.1, 0.15) is 5.56 Å². The van der Waals surface area contributed by atoms with Gasteiger partial charge in [0.2, 0.25) is 0 Å². The molecular formula is C18H12F2. The summed E-state index contributed by atoms with van der Waals surface area (Å²) in [7, 11) is 0. The summed E-state index contributed by atoms with van der Waals surface area (Å²) < 4.78 is 25.1. The van der Waals surface area contributed by atoms with Gasteiger partial charge in [-0.15, -0.1) is 0 Å². The maximum Gasteiger partial charge on any atom is 0.270 e. The second-order valence-electron chi connectivity index (χ2n) is 4.58. The van der Waals surface area contributed by atoms with Crippen molar-refractivity contribution in [1.29, 1.82) is 0 Å². The Morgan fingerprint density at radius 3 is 2.25 bits per heavy atom. The van der Waals surface area contributed by atoms with Crippen LogP contribution in [-0.4, -0.2) is 0 Å². The molecule has 98 valence electrons. The molecule has 0 aromatic heterocycles. The first-order chi connectivity index (χ1) is 9.74. The third-order valence-electron chi connectivity index (χ3n) is 3.29. The Morgan fingerprint density at radius 2 is 1.45 bits per heavy atom. The van der Waals surface area contributed by atoms with Crippen molar-refractivity contribution in [3.8, 4) is 11.1 Å². The van der Waals surface area contributed by atoms with Crippen molar-refractivity contribution in [3.05, 3.63) is 78.4 Å². The van der Waals surface area contributed by atoms with E-state index < -0.39 is 6.08 Å². The smallest absolute Gasteiger partial charge is 0.173 e. The second kappa shape index (κ2) is 5.25. The van der Waals surface area contributed by atoms with Crippen molar-refractivity contribution in [2.45, 2.75) is 0 Å². The van der Waals surface area contributed by atoms with Crippen LogP contribution in [0.4, 0.5) is 8.78 Å². The number of benzene rings is 3. The van der Waals surface area contributed by atoms with Crippen LogP contribution in [0, 0.1) is 0 Å². The van der Waals surface area contributed by atoms with Gasteiger partial charge in [-0.05, 0) is 33.5 Å². The monoisotopic (exact) mass is 266 g/mol. The van der Waals surface area contributed by atoms with E-state index in [1.165, 1.54) is 0 Å². The normalized spacial score (nSPS) is 10.5. The first-order valence-electron chi connectivity index (χ1n) is 6.35. The number of hydrogen-bond acceptors (Lipinski definition) is 0. The molecule has 0 aliphatic rings. The fourth-order valence-electron chi connectivity index (χ4n) is 2.36. The topological polar surface area (TPSA) is 0 Å². The van der Waals surface area contributed by atoms with Crippen LogP contribution in [-0.2, 0) is 0 Å². The summed E-state index contributed by atoms with van der Waals surface area (Å²) >= 11 is 0. The van der Waals surface area contributed by atoms with Gasteiger partial charge in [0.05, 0.1) is 0 Å². The van der Waals surface area contributed by atoms with E-state index in [0.717, 1.165) is 28.0 Å². The Bertz CT molecular complexity index is 784. The fraction of sp³-hybridized carbons (Fsp3) is 0. The molecule has 0 saturated heterocycles. The van der Waals surface area contributed by atoms with Crippen molar-refractivity contribution in [2.24, 2.45) is 0 Å². The molecule has 2 heteroatoms. The lowest BCUT2D eigenvalue weighted by atomic mass is 9.97. The standard InChI is InChI=1S/C18H12F2/c19-18(20)12-15-7-3-4-8-17(15)16-10-9-13-5-1-2-6-14(13)11-16/h1-12H.